The number of ether oxygens (including phenoxy) is 2. The maximum atomic E-state index is 12.5. The van der Waals surface area contributed by atoms with Crippen molar-refractivity contribution in [1.29, 1.82) is 0 Å². The molecule has 2 N–H and O–H groups in total. The van der Waals surface area contributed by atoms with Crippen molar-refractivity contribution in [3.8, 4) is 11.5 Å². The Balaban J connectivity index is 1.87. The van der Waals surface area contributed by atoms with Crippen LogP contribution in [0.25, 0.3) is 0 Å². The monoisotopic (exact) mass is 420 g/mol. The highest BCUT2D eigenvalue weighted by Gasteiger charge is 2.15. The Morgan fingerprint density at radius 3 is 2.27 bits per heavy atom. The molecular formula is C22H26F2N2O4. The summed E-state index contributed by atoms with van der Waals surface area (Å²) in [6.07, 6.45) is 0.0167. The van der Waals surface area contributed by atoms with Gasteiger partial charge >= 0.3 is 6.61 Å². The van der Waals surface area contributed by atoms with Gasteiger partial charge in [-0.25, -0.2) is 0 Å². The lowest BCUT2D eigenvalue weighted by atomic mass is 9.87. The number of anilines is 1. The maximum Gasteiger partial charge on any atom is 0.387 e. The van der Waals surface area contributed by atoms with Crippen molar-refractivity contribution in [1.82, 2.24) is 5.32 Å². The van der Waals surface area contributed by atoms with Gasteiger partial charge in [0.15, 0.2) is 11.5 Å². The van der Waals surface area contributed by atoms with Crippen LogP contribution >= 0.6 is 0 Å². The largest absolute Gasteiger partial charge is 0.493 e. The normalized spacial score (nSPS) is 11.2. The van der Waals surface area contributed by atoms with Gasteiger partial charge in [-0.05, 0) is 35.2 Å². The summed E-state index contributed by atoms with van der Waals surface area (Å²) in [4.78, 5) is 24.3. The smallest absolute Gasteiger partial charge is 0.387 e. The third-order valence-corrected chi connectivity index (χ3v) is 4.31. The van der Waals surface area contributed by atoms with E-state index in [1.807, 2.05) is 12.1 Å². The average Bonchev–Trinajstić information content (AvgIpc) is 2.67. The zero-order valence-corrected chi connectivity index (χ0v) is 17.4. The number of benzene rings is 2. The second-order valence-corrected chi connectivity index (χ2v) is 7.63. The second-order valence-electron chi connectivity index (χ2n) is 7.63. The first-order valence-electron chi connectivity index (χ1n) is 9.41. The molecule has 2 aromatic rings. The van der Waals surface area contributed by atoms with Gasteiger partial charge in [-0.15, -0.1) is 0 Å². The highest BCUT2D eigenvalue weighted by atomic mass is 19.3. The zero-order valence-electron chi connectivity index (χ0n) is 17.4. The van der Waals surface area contributed by atoms with E-state index in [-0.39, 0.29) is 47.4 Å². The van der Waals surface area contributed by atoms with Gasteiger partial charge in [0.1, 0.15) is 0 Å². The first kappa shape index (κ1) is 23.1. The molecule has 0 unspecified atom stereocenters. The Morgan fingerprint density at radius 2 is 1.70 bits per heavy atom. The van der Waals surface area contributed by atoms with Crippen LogP contribution in [-0.2, 0) is 10.2 Å². The highest BCUT2D eigenvalue weighted by molar-refractivity contribution is 5.95. The van der Waals surface area contributed by atoms with Crippen molar-refractivity contribution in [2.45, 2.75) is 39.2 Å². The number of hydrogen-bond acceptors (Lipinski definition) is 4. The number of amides is 2. The van der Waals surface area contributed by atoms with E-state index in [0.29, 0.717) is 5.56 Å². The molecule has 0 radical (unpaired) electrons. The van der Waals surface area contributed by atoms with E-state index in [1.165, 1.54) is 25.3 Å². The summed E-state index contributed by atoms with van der Waals surface area (Å²) < 4.78 is 34.3. The Bertz CT molecular complexity index is 878. The summed E-state index contributed by atoms with van der Waals surface area (Å²) in [6.45, 7) is 3.38. The van der Waals surface area contributed by atoms with Crippen LogP contribution < -0.4 is 20.1 Å². The number of carbonyl (C=O) groups excluding carboxylic acids is 2. The van der Waals surface area contributed by atoms with E-state index in [9.17, 15) is 18.4 Å². The summed E-state index contributed by atoms with van der Waals surface area (Å²) in [5.41, 5.74) is 1.90. The minimum atomic E-state index is -3.02. The first-order chi connectivity index (χ1) is 14.1. The minimum Gasteiger partial charge on any atom is -0.493 e. The summed E-state index contributed by atoms with van der Waals surface area (Å²) in [5, 5.41) is 5.26. The van der Waals surface area contributed by atoms with Crippen LogP contribution in [0.5, 0.6) is 11.5 Å². The fraction of sp³-hybridized carbons (Fsp3) is 0.364. The van der Waals surface area contributed by atoms with E-state index in [2.05, 4.69) is 36.1 Å². The molecule has 0 aliphatic rings. The second kappa shape index (κ2) is 10.0. The van der Waals surface area contributed by atoms with Crippen molar-refractivity contribution >= 4 is 17.5 Å². The Morgan fingerprint density at radius 1 is 1.03 bits per heavy atom. The molecule has 0 spiro atoms. The number of rotatable bonds is 8. The number of halogens is 2. The molecule has 0 aliphatic carbocycles. The van der Waals surface area contributed by atoms with Crippen LogP contribution in [0.2, 0.25) is 0 Å². The topological polar surface area (TPSA) is 76.7 Å². The number of alkyl halides is 2. The van der Waals surface area contributed by atoms with Crippen molar-refractivity contribution in [3.63, 3.8) is 0 Å². The molecule has 0 bridgehead atoms. The molecule has 0 saturated heterocycles. The molecule has 0 fully saturated rings. The molecule has 2 aromatic carbocycles. The van der Waals surface area contributed by atoms with Crippen LogP contribution in [0.4, 0.5) is 14.5 Å². The van der Waals surface area contributed by atoms with E-state index in [0.717, 1.165) is 5.56 Å². The predicted molar refractivity (Wildman–Crippen MR) is 110 cm³/mol. The van der Waals surface area contributed by atoms with Crippen LogP contribution in [0.1, 0.15) is 43.1 Å². The quantitative estimate of drug-likeness (QED) is 0.666. The van der Waals surface area contributed by atoms with Gasteiger partial charge in [-0.2, -0.15) is 8.78 Å². The van der Waals surface area contributed by atoms with Gasteiger partial charge in [0.05, 0.1) is 7.11 Å². The fourth-order valence-corrected chi connectivity index (χ4v) is 2.68. The van der Waals surface area contributed by atoms with Gasteiger partial charge < -0.3 is 20.1 Å². The van der Waals surface area contributed by atoms with Gasteiger partial charge in [-0.1, -0.05) is 32.9 Å². The third kappa shape index (κ3) is 6.72. The predicted octanol–water partition coefficient (Wildman–Crippen LogP) is 4.35. The van der Waals surface area contributed by atoms with Crippen molar-refractivity contribution < 1.29 is 27.8 Å². The summed E-state index contributed by atoms with van der Waals surface area (Å²) in [7, 11) is 1.32. The molecule has 6 nitrogen and oxygen atoms in total. The van der Waals surface area contributed by atoms with E-state index < -0.39 is 6.61 Å². The molecular weight excluding hydrogens is 394 g/mol. The van der Waals surface area contributed by atoms with Crippen LogP contribution in [-0.4, -0.2) is 32.1 Å². The lowest BCUT2D eigenvalue weighted by Crippen LogP contribution is -2.27. The highest BCUT2D eigenvalue weighted by Crippen LogP contribution is 2.31. The number of carbonyl (C=O) groups is 2. The first-order valence-corrected chi connectivity index (χ1v) is 9.41. The Labute approximate surface area is 174 Å². The zero-order chi connectivity index (χ0) is 22.3. The number of hydrogen-bond donors (Lipinski definition) is 2. The third-order valence-electron chi connectivity index (χ3n) is 4.31. The van der Waals surface area contributed by atoms with Crippen LogP contribution in [0.15, 0.2) is 42.5 Å². The minimum absolute atomic E-state index is 0.00519. The van der Waals surface area contributed by atoms with Crippen LogP contribution in [0, 0.1) is 0 Å². The molecule has 8 heteroatoms. The molecule has 2 rings (SSSR count). The van der Waals surface area contributed by atoms with E-state index >= 15 is 0 Å². The lowest BCUT2D eigenvalue weighted by Gasteiger charge is -2.19. The molecule has 0 aliphatic heterocycles. The van der Waals surface area contributed by atoms with E-state index in [1.54, 1.807) is 12.1 Å². The van der Waals surface area contributed by atoms with Crippen molar-refractivity contribution in [2.24, 2.45) is 0 Å². The standard InChI is InChI=1S/C22H26F2N2O4/c1-22(2,3)15-7-5-14(6-8-15)20(28)25-12-11-19(27)26-16-9-10-17(29-4)18(13-16)30-21(23)24/h5-10,13,21H,11-12H2,1-4H3,(H,25,28)(H,26,27). The van der Waals surface area contributed by atoms with Crippen molar-refractivity contribution in [3.05, 3.63) is 53.6 Å². The molecule has 2 amide bonds. The Hall–Kier alpha value is -3.16. The number of nitrogens with one attached hydrogen (secondary N) is 2. The molecule has 0 saturated carbocycles. The fourth-order valence-electron chi connectivity index (χ4n) is 2.68. The average molecular weight is 420 g/mol. The summed E-state index contributed by atoms with van der Waals surface area (Å²) in [6, 6.07) is 11.5. The summed E-state index contributed by atoms with van der Waals surface area (Å²) >= 11 is 0. The maximum absolute atomic E-state index is 12.5. The van der Waals surface area contributed by atoms with Crippen LogP contribution in [0.3, 0.4) is 0 Å². The molecule has 0 heterocycles. The molecule has 30 heavy (non-hydrogen) atoms. The van der Waals surface area contributed by atoms with Gasteiger partial charge in [-0.3, -0.25) is 9.59 Å². The van der Waals surface area contributed by atoms with Gasteiger partial charge in [0.25, 0.3) is 5.91 Å². The van der Waals surface area contributed by atoms with E-state index in [4.69, 9.17) is 4.74 Å². The lowest BCUT2D eigenvalue weighted by molar-refractivity contribution is -0.116. The van der Waals surface area contributed by atoms with Crippen molar-refractivity contribution in [2.75, 3.05) is 19.0 Å². The van der Waals surface area contributed by atoms with Gasteiger partial charge in [0, 0.05) is 30.3 Å². The molecule has 162 valence electrons. The summed E-state index contributed by atoms with van der Waals surface area (Å²) in [5.74, 6) is -0.720. The molecule has 0 aromatic heterocycles. The SMILES string of the molecule is COc1ccc(NC(=O)CCNC(=O)c2ccc(C(C)(C)C)cc2)cc1OC(F)F. The number of methoxy groups -OCH3 is 1. The van der Waals surface area contributed by atoms with Gasteiger partial charge in [0.2, 0.25) is 5.91 Å². The molecule has 0 atom stereocenters. The Kier molecular flexibility index (Phi) is 7.74.